The van der Waals surface area contributed by atoms with E-state index in [0.29, 0.717) is 4.90 Å². The van der Waals surface area contributed by atoms with Gasteiger partial charge in [0.05, 0.1) is 11.0 Å². The molecule has 0 saturated heterocycles. The van der Waals surface area contributed by atoms with Crippen LogP contribution in [0.1, 0.15) is 43.0 Å². The zero-order valence-corrected chi connectivity index (χ0v) is 14.6. The van der Waals surface area contributed by atoms with Crippen LogP contribution < -0.4 is 4.72 Å². The minimum absolute atomic E-state index is 0.135. The number of aryl methyl sites for hydroxylation is 2. The number of nitrogens with one attached hydrogen (secondary N) is 1. The zero-order valence-electron chi connectivity index (χ0n) is 13.8. The van der Waals surface area contributed by atoms with Crippen LogP contribution in [0, 0.1) is 44.9 Å². The fraction of sp³-hybridized carbons (Fsp3) is 0.562. The second-order valence-corrected chi connectivity index (χ2v) is 7.78. The molecule has 1 N–H and O–H groups in total. The van der Waals surface area contributed by atoms with Crippen molar-refractivity contribution in [3.8, 4) is 6.07 Å². The van der Waals surface area contributed by atoms with E-state index < -0.39 is 15.6 Å². The Bertz CT molecular complexity index is 674. The SMILES string of the molecule is Cc1cc(C)c(C)c(S(=O)(=O)N[C@@](C)(C#N)C(C)C)c1C. The number of nitriles is 1. The van der Waals surface area contributed by atoms with Crippen molar-refractivity contribution in [3.05, 3.63) is 28.3 Å². The Morgan fingerprint density at radius 1 is 1.14 bits per heavy atom. The van der Waals surface area contributed by atoms with Crippen LogP contribution in [0.25, 0.3) is 0 Å². The van der Waals surface area contributed by atoms with E-state index >= 15 is 0 Å². The van der Waals surface area contributed by atoms with E-state index in [2.05, 4.69) is 10.8 Å². The molecule has 1 aromatic carbocycles. The first kappa shape index (κ1) is 17.7. The molecule has 0 amide bonds. The lowest BCUT2D eigenvalue weighted by atomic mass is 9.92. The minimum Gasteiger partial charge on any atom is -0.207 e. The average Bonchev–Trinajstić information content (AvgIpc) is 2.35. The van der Waals surface area contributed by atoms with Crippen molar-refractivity contribution in [2.45, 2.75) is 58.9 Å². The monoisotopic (exact) mass is 308 g/mol. The van der Waals surface area contributed by atoms with Gasteiger partial charge < -0.3 is 0 Å². The number of nitrogens with zero attached hydrogens (tertiary/aromatic N) is 1. The van der Waals surface area contributed by atoms with Gasteiger partial charge in [0.2, 0.25) is 10.0 Å². The first-order valence-corrected chi connectivity index (χ1v) is 8.47. The largest absolute Gasteiger partial charge is 0.242 e. The summed E-state index contributed by atoms with van der Waals surface area (Å²) in [5, 5.41) is 9.34. The zero-order chi connectivity index (χ0) is 16.6. The van der Waals surface area contributed by atoms with Gasteiger partial charge >= 0.3 is 0 Å². The van der Waals surface area contributed by atoms with E-state index in [4.69, 9.17) is 0 Å². The number of hydrogen-bond acceptors (Lipinski definition) is 3. The third-order valence-corrected chi connectivity index (χ3v) is 6.14. The third-order valence-electron chi connectivity index (χ3n) is 4.30. The van der Waals surface area contributed by atoms with Crippen LogP contribution >= 0.6 is 0 Å². The molecule has 0 spiro atoms. The highest BCUT2D eigenvalue weighted by atomic mass is 32.2. The van der Waals surface area contributed by atoms with Crippen LogP contribution in [0.2, 0.25) is 0 Å². The van der Waals surface area contributed by atoms with Gasteiger partial charge in [-0.15, -0.1) is 0 Å². The van der Waals surface area contributed by atoms with Gasteiger partial charge in [-0.3, -0.25) is 0 Å². The molecule has 0 aliphatic rings. The maximum atomic E-state index is 12.8. The normalized spacial score (nSPS) is 14.8. The molecule has 4 nitrogen and oxygen atoms in total. The standard InChI is InChI=1S/C16H24N2O2S/c1-10(2)16(7,9-17)18-21(19,20)15-13(5)11(3)8-12(4)14(15)6/h8,10,18H,1-7H3/t16-/m0/s1. The molecule has 0 radical (unpaired) electrons. The molecule has 1 aromatic rings. The maximum Gasteiger partial charge on any atom is 0.242 e. The molecule has 0 aliphatic heterocycles. The third kappa shape index (κ3) is 3.28. The Labute approximate surface area is 128 Å². The first-order chi connectivity index (χ1) is 9.46. The Hall–Kier alpha value is -1.38. The van der Waals surface area contributed by atoms with Crippen LogP contribution in [-0.2, 0) is 10.0 Å². The van der Waals surface area contributed by atoms with Crippen molar-refractivity contribution < 1.29 is 8.42 Å². The van der Waals surface area contributed by atoms with Crippen LogP contribution in [-0.4, -0.2) is 14.0 Å². The highest BCUT2D eigenvalue weighted by Gasteiger charge is 2.35. The van der Waals surface area contributed by atoms with Crippen LogP contribution in [0.4, 0.5) is 0 Å². The predicted molar refractivity (Wildman–Crippen MR) is 84.6 cm³/mol. The summed E-state index contributed by atoms with van der Waals surface area (Å²) in [6.45, 7) is 12.7. The minimum atomic E-state index is -3.75. The highest BCUT2D eigenvalue weighted by molar-refractivity contribution is 7.89. The van der Waals surface area contributed by atoms with Gasteiger partial charge in [-0.2, -0.15) is 9.98 Å². The van der Waals surface area contributed by atoms with E-state index in [1.54, 1.807) is 20.8 Å². The Morgan fingerprint density at radius 3 is 1.90 bits per heavy atom. The highest BCUT2D eigenvalue weighted by Crippen LogP contribution is 2.28. The van der Waals surface area contributed by atoms with Gasteiger partial charge in [-0.25, -0.2) is 8.42 Å². The summed E-state index contributed by atoms with van der Waals surface area (Å²) < 4.78 is 28.2. The maximum absolute atomic E-state index is 12.8. The van der Waals surface area contributed by atoms with Gasteiger partial charge in [0, 0.05) is 0 Å². The van der Waals surface area contributed by atoms with Crippen LogP contribution in [0.5, 0.6) is 0 Å². The van der Waals surface area contributed by atoms with Gasteiger partial charge in [-0.1, -0.05) is 19.9 Å². The molecule has 1 rings (SSSR count). The van der Waals surface area contributed by atoms with E-state index in [9.17, 15) is 13.7 Å². The Balaban J connectivity index is 3.51. The molecule has 0 aliphatic carbocycles. The van der Waals surface area contributed by atoms with E-state index in [1.807, 2.05) is 33.8 Å². The molecule has 0 saturated carbocycles. The lowest BCUT2D eigenvalue weighted by molar-refractivity contribution is 0.388. The molecule has 0 fully saturated rings. The smallest absolute Gasteiger partial charge is 0.207 e. The summed E-state index contributed by atoms with van der Waals surface area (Å²) >= 11 is 0. The van der Waals surface area contributed by atoms with E-state index in [0.717, 1.165) is 22.3 Å². The van der Waals surface area contributed by atoms with Crippen LogP contribution in [0.3, 0.4) is 0 Å². The molecule has 1 atom stereocenters. The van der Waals surface area contributed by atoms with Crippen molar-refractivity contribution >= 4 is 10.0 Å². The van der Waals surface area contributed by atoms with Gasteiger partial charge in [0.25, 0.3) is 0 Å². The number of rotatable bonds is 4. The number of hydrogen-bond donors (Lipinski definition) is 1. The van der Waals surface area contributed by atoms with E-state index in [-0.39, 0.29) is 5.92 Å². The molecule has 116 valence electrons. The summed E-state index contributed by atoms with van der Waals surface area (Å²) in [5.74, 6) is -0.135. The summed E-state index contributed by atoms with van der Waals surface area (Å²) in [6, 6.07) is 4.06. The second kappa shape index (κ2) is 5.78. The fourth-order valence-electron chi connectivity index (χ4n) is 2.18. The van der Waals surface area contributed by atoms with E-state index in [1.165, 1.54) is 0 Å². The summed E-state index contributed by atoms with van der Waals surface area (Å²) in [4.78, 5) is 0.294. The molecule has 0 bridgehead atoms. The van der Waals surface area contributed by atoms with Crippen LogP contribution in [0.15, 0.2) is 11.0 Å². The lowest BCUT2D eigenvalue weighted by Crippen LogP contribution is -2.49. The van der Waals surface area contributed by atoms with Gasteiger partial charge in [0.15, 0.2) is 0 Å². The van der Waals surface area contributed by atoms with Gasteiger partial charge in [-0.05, 0) is 62.8 Å². The summed E-state index contributed by atoms with van der Waals surface area (Å²) in [6.07, 6.45) is 0. The molecular formula is C16H24N2O2S. The van der Waals surface area contributed by atoms with Crippen molar-refractivity contribution in [3.63, 3.8) is 0 Å². The van der Waals surface area contributed by atoms with Crippen molar-refractivity contribution in [1.29, 1.82) is 5.26 Å². The number of sulfonamides is 1. The number of benzene rings is 1. The molecule has 0 unspecified atom stereocenters. The second-order valence-electron chi connectivity index (χ2n) is 6.16. The molecule has 5 heteroatoms. The predicted octanol–water partition coefficient (Wildman–Crippen LogP) is 3.14. The van der Waals surface area contributed by atoms with Crippen molar-refractivity contribution in [2.75, 3.05) is 0 Å². The topological polar surface area (TPSA) is 70.0 Å². The summed E-state index contributed by atoms with van der Waals surface area (Å²) in [5.41, 5.74) is 2.20. The van der Waals surface area contributed by atoms with Crippen molar-refractivity contribution in [1.82, 2.24) is 4.72 Å². The summed E-state index contributed by atoms with van der Waals surface area (Å²) in [7, 11) is -3.75. The Kier molecular flexibility index (Phi) is 4.87. The van der Waals surface area contributed by atoms with Gasteiger partial charge in [0.1, 0.15) is 5.54 Å². The molecule has 21 heavy (non-hydrogen) atoms. The molecular weight excluding hydrogens is 284 g/mol. The molecule has 0 heterocycles. The lowest BCUT2D eigenvalue weighted by Gasteiger charge is -2.28. The average molecular weight is 308 g/mol. The van der Waals surface area contributed by atoms with Crippen molar-refractivity contribution in [2.24, 2.45) is 5.92 Å². The molecule has 0 aromatic heterocycles. The Morgan fingerprint density at radius 2 is 1.57 bits per heavy atom. The fourth-order valence-corrected chi connectivity index (χ4v) is 4.25. The quantitative estimate of drug-likeness (QED) is 0.929. The first-order valence-electron chi connectivity index (χ1n) is 6.99.